The predicted molar refractivity (Wildman–Crippen MR) is 68.1 cm³/mol. The summed E-state index contributed by atoms with van der Waals surface area (Å²) in [6, 6.07) is 5.19. The van der Waals surface area contributed by atoms with Crippen molar-refractivity contribution in [2.45, 2.75) is 0 Å². The maximum absolute atomic E-state index is 11.2. The molecule has 16 heavy (non-hydrogen) atoms. The number of carbonyl (C=O) groups excluding carboxylic acids is 1. The molecule has 0 fully saturated rings. The van der Waals surface area contributed by atoms with Gasteiger partial charge in [0.25, 0.3) is 0 Å². The third-order valence-corrected chi connectivity index (χ3v) is 2.21. The summed E-state index contributed by atoms with van der Waals surface area (Å²) in [6.45, 7) is 3.95. The van der Waals surface area contributed by atoms with Crippen LogP contribution in [0, 0.1) is 0 Å². The minimum Gasteiger partial charge on any atom is -0.398 e. The van der Waals surface area contributed by atoms with E-state index in [-0.39, 0.29) is 5.91 Å². The Balaban J connectivity index is 2.65. The third-order valence-electron chi connectivity index (χ3n) is 1.87. The van der Waals surface area contributed by atoms with E-state index < -0.39 is 0 Å². The van der Waals surface area contributed by atoms with Gasteiger partial charge in [-0.2, -0.15) is 0 Å². The van der Waals surface area contributed by atoms with Gasteiger partial charge >= 0.3 is 0 Å². The Kier molecular flexibility index (Phi) is 4.61. The lowest BCUT2D eigenvalue weighted by atomic mass is 10.2. The first-order valence-electron chi connectivity index (χ1n) is 4.75. The van der Waals surface area contributed by atoms with Crippen molar-refractivity contribution in [1.29, 1.82) is 0 Å². The van der Waals surface area contributed by atoms with Crippen molar-refractivity contribution in [1.82, 2.24) is 5.32 Å². The number of rotatable bonds is 4. The van der Waals surface area contributed by atoms with Crippen molar-refractivity contribution < 1.29 is 4.79 Å². The van der Waals surface area contributed by atoms with Crippen LogP contribution < -0.4 is 11.1 Å². The molecule has 3 N–H and O–H groups in total. The van der Waals surface area contributed by atoms with Crippen molar-refractivity contribution in [3.05, 3.63) is 47.5 Å². The quantitative estimate of drug-likeness (QED) is 0.479. The van der Waals surface area contributed by atoms with Gasteiger partial charge in [0.05, 0.1) is 10.7 Å². The first kappa shape index (κ1) is 12.3. The average molecular weight is 237 g/mol. The van der Waals surface area contributed by atoms with Crippen LogP contribution in [-0.4, -0.2) is 12.5 Å². The van der Waals surface area contributed by atoms with Crippen molar-refractivity contribution >= 4 is 29.3 Å². The van der Waals surface area contributed by atoms with Crippen LogP contribution in [0.4, 0.5) is 5.69 Å². The topological polar surface area (TPSA) is 55.1 Å². The summed E-state index contributed by atoms with van der Waals surface area (Å²) >= 11 is 5.77. The average Bonchev–Trinajstić information content (AvgIpc) is 2.28. The SMILES string of the molecule is C=CCNC(=O)/C=C/c1ccc(Cl)c(N)c1. The Morgan fingerprint density at radius 3 is 2.94 bits per heavy atom. The van der Waals surface area contributed by atoms with E-state index in [2.05, 4.69) is 11.9 Å². The molecule has 0 aliphatic heterocycles. The predicted octanol–water partition coefficient (Wildman–Crippen LogP) is 2.24. The summed E-state index contributed by atoms with van der Waals surface area (Å²) in [4.78, 5) is 11.2. The molecule has 0 aliphatic rings. The van der Waals surface area contributed by atoms with E-state index >= 15 is 0 Å². The second kappa shape index (κ2) is 5.98. The van der Waals surface area contributed by atoms with Gasteiger partial charge in [-0.1, -0.05) is 23.7 Å². The molecular formula is C12H13ClN2O. The first-order chi connectivity index (χ1) is 7.63. The van der Waals surface area contributed by atoms with Crippen molar-refractivity contribution in [3.63, 3.8) is 0 Å². The zero-order valence-electron chi connectivity index (χ0n) is 8.74. The van der Waals surface area contributed by atoms with Gasteiger partial charge in [0.2, 0.25) is 5.91 Å². The number of nitrogen functional groups attached to an aromatic ring is 1. The minimum atomic E-state index is -0.173. The van der Waals surface area contributed by atoms with Gasteiger partial charge < -0.3 is 11.1 Å². The molecule has 0 spiro atoms. The summed E-state index contributed by atoms with van der Waals surface area (Å²) in [5.74, 6) is -0.173. The van der Waals surface area contributed by atoms with Crippen LogP contribution in [0.5, 0.6) is 0 Å². The molecule has 0 aliphatic carbocycles. The zero-order chi connectivity index (χ0) is 12.0. The summed E-state index contributed by atoms with van der Waals surface area (Å²) in [5, 5.41) is 3.14. The van der Waals surface area contributed by atoms with Crippen LogP contribution in [0.2, 0.25) is 5.02 Å². The van der Waals surface area contributed by atoms with E-state index in [4.69, 9.17) is 17.3 Å². The molecule has 3 nitrogen and oxygen atoms in total. The first-order valence-corrected chi connectivity index (χ1v) is 5.13. The number of halogens is 1. The van der Waals surface area contributed by atoms with E-state index in [1.165, 1.54) is 6.08 Å². The van der Waals surface area contributed by atoms with Crippen molar-refractivity contribution in [2.75, 3.05) is 12.3 Å². The molecule has 4 heteroatoms. The molecule has 0 heterocycles. The highest BCUT2D eigenvalue weighted by Gasteiger charge is 1.96. The highest BCUT2D eigenvalue weighted by atomic mass is 35.5. The van der Waals surface area contributed by atoms with Crippen LogP contribution in [0.1, 0.15) is 5.56 Å². The molecule has 0 unspecified atom stereocenters. The summed E-state index contributed by atoms with van der Waals surface area (Å²) in [6.07, 6.45) is 4.73. The molecule has 0 aromatic heterocycles. The van der Waals surface area contributed by atoms with Gasteiger partial charge in [0.1, 0.15) is 0 Å². The molecule has 1 rings (SSSR count). The number of nitrogens with two attached hydrogens (primary N) is 1. The smallest absolute Gasteiger partial charge is 0.244 e. The minimum absolute atomic E-state index is 0.173. The summed E-state index contributed by atoms with van der Waals surface area (Å²) in [5.41, 5.74) is 6.95. The number of benzene rings is 1. The van der Waals surface area contributed by atoms with Crippen LogP contribution in [0.25, 0.3) is 6.08 Å². The Morgan fingerprint density at radius 2 is 2.31 bits per heavy atom. The lowest BCUT2D eigenvalue weighted by Crippen LogP contribution is -2.20. The molecule has 1 aromatic carbocycles. The number of nitrogens with one attached hydrogen (secondary N) is 1. The molecular weight excluding hydrogens is 224 g/mol. The fourth-order valence-corrected chi connectivity index (χ4v) is 1.19. The summed E-state index contributed by atoms with van der Waals surface area (Å²) < 4.78 is 0. The molecule has 0 bridgehead atoms. The van der Waals surface area contributed by atoms with E-state index in [0.29, 0.717) is 17.3 Å². The van der Waals surface area contributed by atoms with E-state index in [1.54, 1.807) is 30.4 Å². The fraction of sp³-hybridized carbons (Fsp3) is 0.0833. The Morgan fingerprint density at radius 1 is 1.56 bits per heavy atom. The van der Waals surface area contributed by atoms with Crippen LogP contribution >= 0.6 is 11.6 Å². The molecule has 1 aromatic rings. The van der Waals surface area contributed by atoms with E-state index in [0.717, 1.165) is 5.56 Å². The Bertz CT molecular complexity index is 427. The molecule has 0 saturated carbocycles. The van der Waals surface area contributed by atoms with Gasteiger partial charge in [-0.3, -0.25) is 4.79 Å². The third kappa shape index (κ3) is 3.79. The lowest BCUT2D eigenvalue weighted by Gasteiger charge is -1.99. The normalized spacial score (nSPS) is 10.3. The lowest BCUT2D eigenvalue weighted by molar-refractivity contribution is -0.116. The monoisotopic (exact) mass is 236 g/mol. The maximum atomic E-state index is 11.2. The van der Waals surface area contributed by atoms with E-state index in [1.807, 2.05) is 0 Å². The number of carbonyl (C=O) groups is 1. The maximum Gasteiger partial charge on any atom is 0.244 e. The molecule has 0 atom stereocenters. The van der Waals surface area contributed by atoms with Crippen LogP contribution in [0.3, 0.4) is 0 Å². The fourth-order valence-electron chi connectivity index (χ4n) is 1.07. The number of amides is 1. The highest BCUT2D eigenvalue weighted by molar-refractivity contribution is 6.33. The Hall–Kier alpha value is -1.74. The molecule has 0 radical (unpaired) electrons. The van der Waals surface area contributed by atoms with Gasteiger partial charge in [0, 0.05) is 12.6 Å². The molecule has 84 valence electrons. The zero-order valence-corrected chi connectivity index (χ0v) is 9.50. The number of anilines is 1. The second-order valence-corrected chi connectivity index (χ2v) is 3.56. The van der Waals surface area contributed by atoms with Crippen LogP contribution in [-0.2, 0) is 4.79 Å². The summed E-state index contributed by atoms with van der Waals surface area (Å²) in [7, 11) is 0. The Labute approximate surface area is 99.6 Å². The molecule has 1 amide bonds. The van der Waals surface area contributed by atoms with E-state index in [9.17, 15) is 4.79 Å². The van der Waals surface area contributed by atoms with Crippen LogP contribution in [0.15, 0.2) is 36.9 Å². The van der Waals surface area contributed by atoms with Gasteiger partial charge in [0.15, 0.2) is 0 Å². The van der Waals surface area contributed by atoms with Gasteiger partial charge in [-0.25, -0.2) is 0 Å². The number of hydrogen-bond acceptors (Lipinski definition) is 2. The highest BCUT2D eigenvalue weighted by Crippen LogP contribution is 2.19. The van der Waals surface area contributed by atoms with Gasteiger partial charge in [-0.15, -0.1) is 6.58 Å². The van der Waals surface area contributed by atoms with Crippen molar-refractivity contribution in [3.8, 4) is 0 Å². The van der Waals surface area contributed by atoms with Gasteiger partial charge in [-0.05, 0) is 23.8 Å². The standard InChI is InChI=1S/C12H13ClN2O/c1-2-7-15-12(16)6-4-9-3-5-10(13)11(14)8-9/h2-6,8H,1,7,14H2,(H,15,16)/b6-4+. The number of hydrogen-bond donors (Lipinski definition) is 2. The largest absolute Gasteiger partial charge is 0.398 e. The van der Waals surface area contributed by atoms with Crippen molar-refractivity contribution in [2.24, 2.45) is 0 Å². The second-order valence-electron chi connectivity index (χ2n) is 3.15. The molecule has 0 saturated heterocycles.